The van der Waals surface area contributed by atoms with Crippen molar-refractivity contribution < 1.29 is 18.0 Å². The third kappa shape index (κ3) is 4.86. The number of amides is 1. The van der Waals surface area contributed by atoms with Crippen molar-refractivity contribution in [3.63, 3.8) is 0 Å². The van der Waals surface area contributed by atoms with Gasteiger partial charge in [-0.1, -0.05) is 12.1 Å². The van der Waals surface area contributed by atoms with Gasteiger partial charge in [0, 0.05) is 36.3 Å². The van der Waals surface area contributed by atoms with Crippen LogP contribution in [-0.2, 0) is 17.4 Å². The fraction of sp³-hybridized carbons (Fsp3) is 0.654. The normalized spacial score (nSPS) is 27.3. The van der Waals surface area contributed by atoms with Crippen molar-refractivity contribution in [2.24, 2.45) is 39.8 Å². The Morgan fingerprint density at radius 1 is 1.00 bits per heavy atom. The highest BCUT2D eigenvalue weighted by molar-refractivity contribution is 5.98. The third-order valence-corrected chi connectivity index (χ3v) is 8.36. The predicted octanol–water partition coefficient (Wildman–Crippen LogP) is 5.04. The van der Waals surface area contributed by atoms with Crippen molar-refractivity contribution in [1.29, 1.82) is 5.41 Å². The number of benzene rings is 1. The standard InChI is InChI=1S/C26H33F3N4O/c27-26(28,29)21-9-3-17(4-10-21)11-16-1-5-19(6-2-16)24(34)33-14-25(15-33)12-20(13-25)23(31)32-22(30)18-7-8-18/h3-4,9-10,16,18-20H,1-2,5-8,11-15H2,(H3,30,31,32). The van der Waals surface area contributed by atoms with Gasteiger partial charge in [0.2, 0.25) is 5.91 Å². The average Bonchev–Trinajstić information content (AvgIpc) is 3.57. The number of alkyl halides is 3. The summed E-state index contributed by atoms with van der Waals surface area (Å²) in [5.41, 5.74) is 6.65. The van der Waals surface area contributed by atoms with Crippen LogP contribution >= 0.6 is 0 Å². The Bertz CT molecular complexity index is 961. The first kappa shape index (κ1) is 23.4. The molecule has 3 aliphatic carbocycles. The van der Waals surface area contributed by atoms with Crippen molar-refractivity contribution in [1.82, 2.24) is 4.90 Å². The van der Waals surface area contributed by atoms with E-state index in [-0.39, 0.29) is 23.2 Å². The van der Waals surface area contributed by atoms with Crippen molar-refractivity contribution in [2.75, 3.05) is 13.1 Å². The molecule has 1 heterocycles. The van der Waals surface area contributed by atoms with E-state index in [4.69, 9.17) is 11.1 Å². The zero-order chi connectivity index (χ0) is 24.1. The number of likely N-dealkylation sites (tertiary alicyclic amines) is 1. The maximum atomic E-state index is 13.0. The number of carbonyl (C=O) groups excluding carboxylic acids is 1. The molecule has 1 aromatic rings. The summed E-state index contributed by atoms with van der Waals surface area (Å²) in [6, 6.07) is 5.48. The van der Waals surface area contributed by atoms with Gasteiger partial charge in [0.25, 0.3) is 0 Å². The number of nitrogens with two attached hydrogens (primary N) is 1. The van der Waals surface area contributed by atoms with Crippen molar-refractivity contribution >= 4 is 17.6 Å². The number of nitrogens with zero attached hydrogens (tertiary/aromatic N) is 2. The number of halogens is 3. The van der Waals surface area contributed by atoms with E-state index < -0.39 is 11.7 Å². The molecular formula is C26H33F3N4O. The molecule has 34 heavy (non-hydrogen) atoms. The molecule has 0 unspecified atom stereocenters. The summed E-state index contributed by atoms with van der Waals surface area (Å²) >= 11 is 0. The lowest BCUT2D eigenvalue weighted by Gasteiger charge is -2.59. The number of hydrogen-bond acceptors (Lipinski definition) is 2. The van der Waals surface area contributed by atoms with Crippen LogP contribution in [0.2, 0.25) is 0 Å². The third-order valence-electron chi connectivity index (χ3n) is 8.36. The highest BCUT2D eigenvalue weighted by Crippen LogP contribution is 2.52. The molecule has 0 bridgehead atoms. The van der Waals surface area contributed by atoms with E-state index in [0.717, 1.165) is 88.6 Å². The lowest BCUT2D eigenvalue weighted by atomic mass is 9.57. The van der Waals surface area contributed by atoms with Crippen LogP contribution in [0.25, 0.3) is 0 Å². The fourth-order valence-electron chi connectivity index (χ4n) is 6.09. The van der Waals surface area contributed by atoms with Gasteiger partial charge in [0.05, 0.1) is 5.56 Å². The first-order chi connectivity index (χ1) is 16.1. The van der Waals surface area contributed by atoms with Crippen molar-refractivity contribution in [3.05, 3.63) is 35.4 Å². The van der Waals surface area contributed by atoms with Gasteiger partial charge in [-0.3, -0.25) is 10.2 Å². The molecular weight excluding hydrogens is 441 g/mol. The number of amidine groups is 2. The number of nitrogens with one attached hydrogen (secondary N) is 1. The second-order valence-corrected chi connectivity index (χ2v) is 11.1. The highest BCUT2D eigenvalue weighted by atomic mass is 19.4. The molecule has 5 nitrogen and oxygen atoms in total. The monoisotopic (exact) mass is 474 g/mol. The molecule has 5 rings (SSSR count). The molecule has 3 saturated carbocycles. The van der Waals surface area contributed by atoms with Crippen LogP contribution in [0.15, 0.2) is 29.3 Å². The van der Waals surface area contributed by atoms with Gasteiger partial charge >= 0.3 is 6.18 Å². The SMILES string of the molecule is N=C(N=C(N)C1CC2(C1)CN(C(=O)C1CCC(Cc3ccc(C(F)(F)F)cc3)CC1)C2)C1CC1. The number of rotatable bonds is 5. The molecule has 1 aliphatic heterocycles. The minimum Gasteiger partial charge on any atom is -0.387 e. The van der Waals surface area contributed by atoms with Crippen LogP contribution in [0.3, 0.4) is 0 Å². The Morgan fingerprint density at radius 2 is 1.59 bits per heavy atom. The average molecular weight is 475 g/mol. The second-order valence-electron chi connectivity index (χ2n) is 11.1. The lowest BCUT2D eigenvalue weighted by Crippen LogP contribution is -2.66. The zero-order valence-corrected chi connectivity index (χ0v) is 19.4. The smallest absolute Gasteiger partial charge is 0.387 e. The van der Waals surface area contributed by atoms with E-state index in [1.807, 2.05) is 4.90 Å². The Hall–Kier alpha value is -2.38. The molecule has 184 valence electrons. The molecule has 1 saturated heterocycles. The van der Waals surface area contributed by atoms with Gasteiger partial charge in [-0.05, 0) is 81.4 Å². The molecule has 1 amide bonds. The van der Waals surface area contributed by atoms with Crippen LogP contribution in [-0.4, -0.2) is 35.6 Å². The minimum atomic E-state index is -4.30. The first-order valence-corrected chi connectivity index (χ1v) is 12.5. The summed E-state index contributed by atoms with van der Waals surface area (Å²) in [6.07, 6.45) is 4.11. The molecule has 0 radical (unpaired) electrons. The van der Waals surface area contributed by atoms with E-state index >= 15 is 0 Å². The van der Waals surface area contributed by atoms with Gasteiger partial charge in [-0.15, -0.1) is 0 Å². The first-order valence-electron chi connectivity index (χ1n) is 12.5. The van der Waals surface area contributed by atoms with Crippen LogP contribution in [0, 0.1) is 34.5 Å². The minimum absolute atomic E-state index is 0.0720. The van der Waals surface area contributed by atoms with Crippen LogP contribution < -0.4 is 5.73 Å². The maximum Gasteiger partial charge on any atom is 0.416 e. The summed E-state index contributed by atoms with van der Waals surface area (Å²) in [5, 5.41) is 7.93. The van der Waals surface area contributed by atoms with Crippen molar-refractivity contribution in [2.45, 2.75) is 64.0 Å². The van der Waals surface area contributed by atoms with Gasteiger partial charge in [-0.25, -0.2) is 4.99 Å². The van der Waals surface area contributed by atoms with E-state index in [0.29, 0.717) is 23.5 Å². The van der Waals surface area contributed by atoms with Crippen molar-refractivity contribution in [3.8, 4) is 0 Å². The van der Waals surface area contributed by atoms with Crippen LogP contribution in [0.1, 0.15) is 62.5 Å². The molecule has 8 heteroatoms. The molecule has 0 aromatic heterocycles. The quantitative estimate of drug-likeness (QED) is 0.463. The Morgan fingerprint density at radius 3 is 2.15 bits per heavy atom. The van der Waals surface area contributed by atoms with Gasteiger partial charge in [0.15, 0.2) is 0 Å². The Labute approximate surface area is 198 Å². The highest BCUT2D eigenvalue weighted by Gasteiger charge is 2.55. The van der Waals surface area contributed by atoms with Crippen LogP contribution in [0.4, 0.5) is 13.2 Å². The van der Waals surface area contributed by atoms with Gasteiger partial charge < -0.3 is 10.6 Å². The Balaban J connectivity index is 1.03. The topological polar surface area (TPSA) is 82.5 Å². The number of hydrogen-bond donors (Lipinski definition) is 2. The molecule has 1 spiro atoms. The summed E-state index contributed by atoms with van der Waals surface area (Å²) in [7, 11) is 0. The van der Waals surface area contributed by atoms with Crippen LogP contribution in [0.5, 0.6) is 0 Å². The number of carbonyl (C=O) groups is 1. The predicted molar refractivity (Wildman–Crippen MR) is 124 cm³/mol. The fourth-order valence-corrected chi connectivity index (χ4v) is 6.09. The molecule has 0 atom stereocenters. The number of aliphatic imine (C=N–C) groups is 1. The summed E-state index contributed by atoms with van der Waals surface area (Å²) in [5.74, 6) is 2.34. The summed E-state index contributed by atoms with van der Waals surface area (Å²) in [6.45, 7) is 1.61. The molecule has 4 aliphatic rings. The summed E-state index contributed by atoms with van der Waals surface area (Å²) < 4.78 is 38.2. The van der Waals surface area contributed by atoms with Gasteiger partial charge in [-0.2, -0.15) is 13.2 Å². The van der Waals surface area contributed by atoms with E-state index in [1.165, 1.54) is 0 Å². The molecule has 4 fully saturated rings. The second kappa shape index (κ2) is 8.68. The van der Waals surface area contributed by atoms with E-state index in [2.05, 4.69) is 4.99 Å². The van der Waals surface area contributed by atoms with E-state index in [1.54, 1.807) is 12.1 Å². The zero-order valence-electron chi connectivity index (χ0n) is 19.4. The molecule has 3 N–H and O–H groups in total. The largest absolute Gasteiger partial charge is 0.416 e. The lowest BCUT2D eigenvalue weighted by molar-refractivity contribution is -0.157. The van der Waals surface area contributed by atoms with Gasteiger partial charge in [0.1, 0.15) is 11.7 Å². The summed E-state index contributed by atoms with van der Waals surface area (Å²) in [4.78, 5) is 19.3. The van der Waals surface area contributed by atoms with E-state index in [9.17, 15) is 18.0 Å². The Kier molecular flexibility index (Phi) is 5.97. The maximum absolute atomic E-state index is 13.0. The molecule has 1 aromatic carbocycles.